The highest BCUT2D eigenvalue weighted by molar-refractivity contribution is 5.76. The Bertz CT molecular complexity index is 308. The number of rotatable bonds is 4. The molecule has 1 rings (SSSR count). The van der Waals surface area contributed by atoms with Gasteiger partial charge in [0, 0.05) is 13.5 Å². The van der Waals surface area contributed by atoms with E-state index in [1.54, 1.807) is 0 Å². The standard InChI is InChI=1S/C13H19NO/c1-4-8-13(15)14(3)11(2)12-9-6-5-7-10-12/h5-7,9-11H,4,8H2,1-3H3. The second-order valence-corrected chi connectivity index (χ2v) is 3.84. The molecule has 15 heavy (non-hydrogen) atoms. The van der Waals surface area contributed by atoms with Gasteiger partial charge in [-0.1, -0.05) is 37.3 Å². The van der Waals surface area contributed by atoms with Gasteiger partial charge in [0.1, 0.15) is 0 Å². The van der Waals surface area contributed by atoms with E-state index in [0.717, 1.165) is 6.42 Å². The summed E-state index contributed by atoms with van der Waals surface area (Å²) in [4.78, 5) is 13.5. The summed E-state index contributed by atoms with van der Waals surface area (Å²) >= 11 is 0. The smallest absolute Gasteiger partial charge is 0.222 e. The van der Waals surface area contributed by atoms with Gasteiger partial charge in [-0.3, -0.25) is 4.79 Å². The zero-order valence-corrected chi connectivity index (χ0v) is 9.73. The normalized spacial score (nSPS) is 12.2. The Hall–Kier alpha value is -1.31. The highest BCUT2D eigenvalue weighted by Crippen LogP contribution is 2.18. The Kier molecular flexibility index (Phi) is 4.35. The highest BCUT2D eigenvalue weighted by Gasteiger charge is 2.15. The van der Waals surface area contributed by atoms with Crippen LogP contribution in [0.4, 0.5) is 0 Å². The molecule has 0 aliphatic rings. The molecule has 1 aromatic rings. The predicted molar refractivity (Wildman–Crippen MR) is 62.5 cm³/mol. The molecule has 0 saturated heterocycles. The highest BCUT2D eigenvalue weighted by atomic mass is 16.2. The van der Waals surface area contributed by atoms with E-state index in [2.05, 4.69) is 19.1 Å². The Morgan fingerprint density at radius 1 is 1.33 bits per heavy atom. The van der Waals surface area contributed by atoms with Crippen LogP contribution in [0.5, 0.6) is 0 Å². The van der Waals surface area contributed by atoms with Crippen molar-refractivity contribution < 1.29 is 4.79 Å². The van der Waals surface area contributed by atoms with Crippen molar-refractivity contribution in [2.45, 2.75) is 32.7 Å². The second-order valence-electron chi connectivity index (χ2n) is 3.84. The van der Waals surface area contributed by atoms with Gasteiger partial charge < -0.3 is 4.90 Å². The summed E-state index contributed by atoms with van der Waals surface area (Å²) in [7, 11) is 1.87. The summed E-state index contributed by atoms with van der Waals surface area (Å²) in [5.41, 5.74) is 1.18. The molecular weight excluding hydrogens is 186 g/mol. The fraction of sp³-hybridized carbons (Fsp3) is 0.462. The maximum Gasteiger partial charge on any atom is 0.222 e. The number of carbonyl (C=O) groups is 1. The van der Waals surface area contributed by atoms with Crippen LogP contribution in [0.3, 0.4) is 0 Å². The van der Waals surface area contributed by atoms with Gasteiger partial charge >= 0.3 is 0 Å². The molecule has 0 heterocycles. The maximum absolute atomic E-state index is 11.7. The number of amides is 1. The summed E-state index contributed by atoms with van der Waals surface area (Å²) in [5.74, 6) is 0.217. The van der Waals surface area contributed by atoms with Crippen LogP contribution in [0.25, 0.3) is 0 Å². The second kappa shape index (κ2) is 5.54. The molecule has 0 radical (unpaired) electrons. The van der Waals surface area contributed by atoms with E-state index in [0.29, 0.717) is 6.42 Å². The van der Waals surface area contributed by atoms with Crippen LogP contribution >= 0.6 is 0 Å². The van der Waals surface area contributed by atoms with Crippen LogP contribution < -0.4 is 0 Å². The lowest BCUT2D eigenvalue weighted by atomic mass is 10.1. The lowest BCUT2D eigenvalue weighted by Gasteiger charge is -2.25. The zero-order valence-electron chi connectivity index (χ0n) is 9.73. The number of benzene rings is 1. The number of hydrogen-bond donors (Lipinski definition) is 0. The minimum Gasteiger partial charge on any atom is -0.339 e. The first-order valence-corrected chi connectivity index (χ1v) is 5.47. The zero-order chi connectivity index (χ0) is 11.3. The summed E-state index contributed by atoms with van der Waals surface area (Å²) in [6.45, 7) is 4.09. The van der Waals surface area contributed by atoms with Crippen LogP contribution in [-0.2, 0) is 4.79 Å². The van der Waals surface area contributed by atoms with Crippen molar-refractivity contribution >= 4 is 5.91 Å². The molecule has 0 spiro atoms. The SMILES string of the molecule is CCCC(=O)N(C)C(C)c1ccccc1. The molecule has 1 unspecified atom stereocenters. The molecule has 1 aromatic carbocycles. The molecule has 1 amide bonds. The van der Waals surface area contributed by atoms with E-state index >= 15 is 0 Å². The quantitative estimate of drug-likeness (QED) is 0.740. The summed E-state index contributed by atoms with van der Waals surface area (Å²) < 4.78 is 0. The van der Waals surface area contributed by atoms with Crippen LogP contribution in [0, 0.1) is 0 Å². The molecule has 2 nitrogen and oxygen atoms in total. The van der Waals surface area contributed by atoms with Gasteiger partial charge in [-0.05, 0) is 18.9 Å². The maximum atomic E-state index is 11.7. The summed E-state index contributed by atoms with van der Waals surface area (Å²) in [6, 6.07) is 10.3. The number of carbonyl (C=O) groups excluding carboxylic acids is 1. The molecule has 0 saturated carbocycles. The minimum atomic E-state index is 0.158. The summed E-state index contributed by atoms with van der Waals surface area (Å²) in [6.07, 6.45) is 1.54. The molecule has 0 aliphatic heterocycles. The van der Waals surface area contributed by atoms with Crippen molar-refractivity contribution in [3.8, 4) is 0 Å². The third-order valence-corrected chi connectivity index (χ3v) is 2.72. The molecule has 2 heteroatoms. The Morgan fingerprint density at radius 2 is 1.93 bits per heavy atom. The van der Waals surface area contributed by atoms with Gasteiger partial charge in [0.15, 0.2) is 0 Å². The minimum absolute atomic E-state index is 0.158. The Labute approximate surface area is 91.9 Å². The van der Waals surface area contributed by atoms with Gasteiger partial charge in [-0.15, -0.1) is 0 Å². The molecular formula is C13H19NO. The van der Waals surface area contributed by atoms with Gasteiger partial charge in [0.2, 0.25) is 5.91 Å². The van der Waals surface area contributed by atoms with Crippen molar-refractivity contribution in [1.82, 2.24) is 4.90 Å². The first-order valence-electron chi connectivity index (χ1n) is 5.47. The van der Waals surface area contributed by atoms with Crippen LogP contribution in [0.1, 0.15) is 38.3 Å². The lowest BCUT2D eigenvalue weighted by molar-refractivity contribution is -0.131. The average molecular weight is 205 g/mol. The van der Waals surface area contributed by atoms with Gasteiger partial charge in [0.25, 0.3) is 0 Å². The van der Waals surface area contributed by atoms with E-state index in [1.807, 2.05) is 37.1 Å². The molecule has 0 aromatic heterocycles. The van der Waals surface area contributed by atoms with Gasteiger partial charge in [-0.2, -0.15) is 0 Å². The predicted octanol–water partition coefficient (Wildman–Crippen LogP) is 3.01. The molecule has 0 fully saturated rings. The molecule has 82 valence electrons. The number of hydrogen-bond acceptors (Lipinski definition) is 1. The Balaban J connectivity index is 2.68. The van der Waals surface area contributed by atoms with Crippen molar-refractivity contribution in [1.29, 1.82) is 0 Å². The van der Waals surface area contributed by atoms with E-state index in [-0.39, 0.29) is 11.9 Å². The van der Waals surface area contributed by atoms with Crippen LogP contribution in [0.2, 0.25) is 0 Å². The largest absolute Gasteiger partial charge is 0.339 e. The first kappa shape index (κ1) is 11.8. The fourth-order valence-electron chi connectivity index (χ4n) is 1.56. The first-order chi connectivity index (χ1) is 7.16. The van der Waals surface area contributed by atoms with Gasteiger partial charge in [-0.25, -0.2) is 0 Å². The van der Waals surface area contributed by atoms with E-state index in [1.165, 1.54) is 5.56 Å². The van der Waals surface area contributed by atoms with Crippen molar-refractivity contribution in [2.24, 2.45) is 0 Å². The van der Waals surface area contributed by atoms with Crippen molar-refractivity contribution in [3.63, 3.8) is 0 Å². The fourth-order valence-corrected chi connectivity index (χ4v) is 1.56. The topological polar surface area (TPSA) is 20.3 Å². The van der Waals surface area contributed by atoms with E-state index in [9.17, 15) is 4.79 Å². The van der Waals surface area contributed by atoms with Crippen LogP contribution in [-0.4, -0.2) is 17.9 Å². The summed E-state index contributed by atoms with van der Waals surface area (Å²) in [5, 5.41) is 0. The monoisotopic (exact) mass is 205 g/mol. The lowest BCUT2D eigenvalue weighted by Crippen LogP contribution is -2.29. The third-order valence-electron chi connectivity index (χ3n) is 2.72. The third kappa shape index (κ3) is 3.08. The van der Waals surface area contributed by atoms with Crippen molar-refractivity contribution in [3.05, 3.63) is 35.9 Å². The molecule has 1 atom stereocenters. The Morgan fingerprint density at radius 3 is 2.47 bits per heavy atom. The average Bonchev–Trinajstić information content (AvgIpc) is 2.28. The van der Waals surface area contributed by atoms with Crippen LogP contribution in [0.15, 0.2) is 30.3 Å². The molecule has 0 bridgehead atoms. The van der Waals surface area contributed by atoms with Gasteiger partial charge in [0.05, 0.1) is 6.04 Å². The molecule has 0 aliphatic carbocycles. The number of nitrogens with zero attached hydrogens (tertiary/aromatic N) is 1. The van der Waals surface area contributed by atoms with E-state index in [4.69, 9.17) is 0 Å². The molecule has 0 N–H and O–H groups in total. The van der Waals surface area contributed by atoms with E-state index < -0.39 is 0 Å². The van der Waals surface area contributed by atoms with Crippen molar-refractivity contribution in [2.75, 3.05) is 7.05 Å².